The molecular formula is C21H32N2O3. The van der Waals surface area contributed by atoms with E-state index in [4.69, 9.17) is 0 Å². The molecule has 1 amide bonds. The van der Waals surface area contributed by atoms with Crippen LogP contribution in [0.4, 0.5) is 0 Å². The molecule has 0 saturated carbocycles. The van der Waals surface area contributed by atoms with Gasteiger partial charge in [0.2, 0.25) is 5.91 Å². The van der Waals surface area contributed by atoms with Gasteiger partial charge in [0.05, 0.1) is 13.5 Å². The third kappa shape index (κ3) is 7.16. The van der Waals surface area contributed by atoms with Crippen LogP contribution >= 0.6 is 0 Å². The number of esters is 1. The van der Waals surface area contributed by atoms with Crippen molar-refractivity contribution in [1.29, 1.82) is 0 Å². The van der Waals surface area contributed by atoms with Crippen molar-refractivity contribution in [1.82, 2.24) is 10.2 Å². The summed E-state index contributed by atoms with van der Waals surface area (Å²) in [5.74, 6) is 0.262. The molecule has 26 heavy (non-hydrogen) atoms. The second-order valence-electron chi connectivity index (χ2n) is 7.63. The van der Waals surface area contributed by atoms with E-state index in [9.17, 15) is 9.59 Å². The molecule has 0 aromatic heterocycles. The van der Waals surface area contributed by atoms with Crippen molar-refractivity contribution in [2.24, 2.45) is 5.92 Å². The number of hydrogen-bond donors (Lipinski definition) is 1. The second kappa shape index (κ2) is 10.3. The lowest BCUT2D eigenvalue weighted by Crippen LogP contribution is -2.47. The molecule has 1 heterocycles. The molecule has 5 nitrogen and oxygen atoms in total. The van der Waals surface area contributed by atoms with E-state index in [1.54, 1.807) is 0 Å². The zero-order valence-electron chi connectivity index (χ0n) is 16.3. The Morgan fingerprint density at radius 2 is 1.88 bits per heavy atom. The summed E-state index contributed by atoms with van der Waals surface area (Å²) in [7, 11) is 1.34. The molecule has 0 spiro atoms. The van der Waals surface area contributed by atoms with Crippen LogP contribution in [0.5, 0.6) is 0 Å². The van der Waals surface area contributed by atoms with Gasteiger partial charge < -0.3 is 10.1 Å². The SMILES string of the molecule is COC(=O)CCC(=O)N[C@@H]1CCCN(Cc2ccc(CC(C)C)cc2)C1. The number of carbonyl (C=O) groups is 2. The number of ether oxygens (including phenoxy) is 1. The number of amides is 1. The molecule has 5 heteroatoms. The van der Waals surface area contributed by atoms with Crippen LogP contribution in [-0.4, -0.2) is 43.0 Å². The van der Waals surface area contributed by atoms with Gasteiger partial charge in [-0.15, -0.1) is 0 Å². The Labute approximate surface area is 157 Å². The number of likely N-dealkylation sites (tertiary alicyclic amines) is 1. The lowest BCUT2D eigenvalue weighted by Gasteiger charge is -2.33. The predicted octanol–water partition coefficient (Wildman–Crippen LogP) is 2.92. The number of rotatable bonds is 8. The van der Waals surface area contributed by atoms with Gasteiger partial charge in [0, 0.05) is 25.6 Å². The third-order valence-corrected chi connectivity index (χ3v) is 4.73. The maximum atomic E-state index is 12.0. The smallest absolute Gasteiger partial charge is 0.306 e. The second-order valence-corrected chi connectivity index (χ2v) is 7.63. The number of methoxy groups -OCH3 is 1. The molecular weight excluding hydrogens is 328 g/mol. The number of hydrogen-bond acceptors (Lipinski definition) is 4. The fraction of sp³-hybridized carbons (Fsp3) is 0.619. The molecule has 1 atom stereocenters. The Bertz CT molecular complexity index is 583. The highest BCUT2D eigenvalue weighted by Crippen LogP contribution is 2.16. The Balaban J connectivity index is 1.78. The third-order valence-electron chi connectivity index (χ3n) is 4.73. The molecule has 1 aliphatic heterocycles. The van der Waals surface area contributed by atoms with E-state index in [-0.39, 0.29) is 30.8 Å². The first-order valence-corrected chi connectivity index (χ1v) is 9.62. The number of nitrogens with one attached hydrogen (secondary N) is 1. The first-order chi connectivity index (χ1) is 12.5. The van der Waals surface area contributed by atoms with Gasteiger partial charge in [0.25, 0.3) is 0 Å². The Hall–Kier alpha value is -1.88. The van der Waals surface area contributed by atoms with E-state index in [0.717, 1.165) is 38.9 Å². The molecule has 1 fully saturated rings. The fourth-order valence-electron chi connectivity index (χ4n) is 3.44. The highest BCUT2D eigenvalue weighted by molar-refractivity contribution is 5.81. The summed E-state index contributed by atoms with van der Waals surface area (Å²) in [6.07, 6.45) is 3.52. The minimum absolute atomic E-state index is 0.0692. The van der Waals surface area contributed by atoms with Gasteiger partial charge in [0.1, 0.15) is 0 Å². The van der Waals surface area contributed by atoms with Crippen LogP contribution in [0.2, 0.25) is 0 Å². The van der Waals surface area contributed by atoms with E-state index in [2.05, 4.69) is 53.1 Å². The molecule has 2 rings (SSSR count). The van der Waals surface area contributed by atoms with E-state index in [1.165, 1.54) is 18.2 Å². The van der Waals surface area contributed by atoms with Crippen LogP contribution in [-0.2, 0) is 27.3 Å². The molecule has 0 unspecified atom stereocenters. The quantitative estimate of drug-likeness (QED) is 0.724. The van der Waals surface area contributed by atoms with E-state index in [0.29, 0.717) is 5.92 Å². The van der Waals surface area contributed by atoms with Gasteiger partial charge >= 0.3 is 5.97 Å². The number of piperidine rings is 1. The summed E-state index contributed by atoms with van der Waals surface area (Å²) in [5.41, 5.74) is 2.70. The average Bonchev–Trinajstić information content (AvgIpc) is 2.61. The maximum Gasteiger partial charge on any atom is 0.306 e. The summed E-state index contributed by atoms with van der Waals surface area (Å²) in [4.78, 5) is 25.5. The molecule has 0 aliphatic carbocycles. The minimum atomic E-state index is -0.341. The summed E-state index contributed by atoms with van der Waals surface area (Å²) in [6, 6.07) is 9.05. The standard InChI is InChI=1S/C21H32N2O3/c1-16(2)13-17-6-8-18(9-7-17)14-23-12-4-5-19(15-23)22-20(24)10-11-21(25)26-3/h6-9,16,19H,4-5,10-15H2,1-3H3,(H,22,24)/t19-/m1/s1. The van der Waals surface area contributed by atoms with Crippen molar-refractivity contribution in [3.8, 4) is 0 Å². The lowest BCUT2D eigenvalue weighted by molar-refractivity contribution is -0.142. The van der Waals surface area contributed by atoms with Crippen molar-refractivity contribution in [3.05, 3.63) is 35.4 Å². The number of nitrogens with zero attached hydrogens (tertiary/aromatic N) is 1. The predicted molar refractivity (Wildman–Crippen MR) is 103 cm³/mol. The van der Waals surface area contributed by atoms with Crippen LogP contribution in [0.15, 0.2) is 24.3 Å². The molecule has 0 bridgehead atoms. The average molecular weight is 360 g/mol. The monoisotopic (exact) mass is 360 g/mol. The lowest BCUT2D eigenvalue weighted by atomic mass is 10.0. The van der Waals surface area contributed by atoms with Crippen LogP contribution < -0.4 is 5.32 Å². The normalized spacial score (nSPS) is 17.9. The molecule has 0 radical (unpaired) electrons. The molecule has 1 N–H and O–H groups in total. The first kappa shape index (κ1) is 20.4. The number of benzene rings is 1. The van der Waals surface area contributed by atoms with E-state index < -0.39 is 0 Å². The van der Waals surface area contributed by atoms with E-state index in [1.807, 2.05) is 0 Å². The minimum Gasteiger partial charge on any atom is -0.469 e. The van der Waals surface area contributed by atoms with Gasteiger partial charge in [-0.05, 0) is 42.9 Å². The highest BCUT2D eigenvalue weighted by Gasteiger charge is 2.21. The van der Waals surface area contributed by atoms with Crippen LogP contribution in [0.1, 0.15) is 50.7 Å². The highest BCUT2D eigenvalue weighted by atomic mass is 16.5. The first-order valence-electron chi connectivity index (χ1n) is 9.62. The molecule has 1 saturated heterocycles. The van der Waals surface area contributed by atoms with Crippen molar-refractivity contribution in [2.75, 3.05) is 20.2 Å². The maximum absolute atomic E-state index is 12.0. The van der Waals surface area contributed by atoms with Crippen molar-refractivity contribution >= 4 is 11.9 Å². The van der Waals surface area contributed by atoms with Gasteiger partial charge in [-0.25, -0.2) is 0 Å². The van der Waals surface area contributed by atoms with Gasteiger partial charge in [-0.2, -0.15) is 0 Å². The van der Waals surface area contributed by atoms with Crippen molar-refractivity contribution < 1.29 is 14.3 Å². The van der Waals surface area contributed by atoms with Crippen LogP contribution in [0.25, 0.3) is 0 Å². The Morgan fingerprint density at radius 3 is 2.54 bits per heavy atom. The molecule has 1 aliphatic rings. The summed E-state index contributed by atoms with van der Waals surface area (Å²) >= 11 is 0. The van der Waals surface area contributed by atoms with Crippen molar-refractivity contribution in [3.63, 3.8) is 0 Å². The van der Waals surface area contributed by atoms with Gasteiger partial charge in [0.15, 0.2) is 0 Å². The largest absolute Gasteiger partial charge is 0.469 e. The van der Waals surface area contributed by atoms with Crippen molar-refractivity contribution in [2.45, 2.75) is 58.5 Å². The number of carbonyl (C=O) groups excluding carboxylic acids is 2. The summed E-state index contributed by atoms with van der Waals surface area (Å²) in [5, 5.41) is 3.06. The molecule has 1 aromatic rings. The van der Waals surface area contributed by atoms with Gasteiger partial charge in [-0.1, -0.05) is 38.1 Å². The summed E-state index contributed by atoms with van der Waals surface area (Å²) < 4.78 is 4.58. The van der Waals surface area contributed by atoms with Crippen LogP contribution in [0.3, 0.4) is 0 Å². The fourth-order valence-corrected chi connectivity index (χ4v) is 3.44. The van der Waals surface area contributed by atoms with Gasteiger partial charge in [-0.3, -0.25) is 14.5 Å². The molecule has 1 aromatic carbocycles. The Morgan fingerprint density at radius 1 is 1.19 bits per heavy atom. The molecule has 144 valence electrons. The summed E-state index contributed by atoms with van der Waals surface area (Å²) in [6.45, 7) is 7.30. The van der Waals surface area contributed by atoms with Crippen LogP contribution in [0, 0.1) is 5.92 Å². The van der Waals surface area contributed by atoms with E-state index >= 15 is 0 Å². The zero-order chi connectivity index (χ0) is 18.9. The zero-order valence-corrected chi connectivity index (χ0v) is 16.3. The topological polar surface area (TPSA) is 58.6 Å². The Kier molecular flexibility index (Phi) is 8.10.